The Morgan fingerprint density at radius 1 is 0.893 bits per heavy atom. The number of aliphatic hydroxyl groups excluding tert-OH is 2. The molecule has 0 aromatic heterocycles. The number of benzene rings is 2. The molecule has 28 heavy (non-hydrogen) atoms. The van der Waals surface area contributed by atoms with E-state index in [0.29, 0.717) is 12.8 Å². The summed E-state index contributed by atoms with van der Waals surface area (Å²) in [6.45, 7) is 0.117. The lowest BCUT2D eigenvalue weighted by Crippen LogP contribution is -2.34. The Balaban J connectivity index is 1.44. The summed E-state index contributed by atoms with van der Waals surface area (Å²) in [4.78, 5) is 0. The molecule has 0 aliphatic heterocycles. The molecule has 3 heteroatoms. The van der Waals surface area contributed by atoms with Gasteiger partial charge in [-0.05, 0) is 60.3 Å². The Morgan fingerprint density at radius 2 is 1.64 bits per heavy atom. The van der Waals surface area contributed by atoms with Crippen LogP contribution in [0, 0.1) is 5.92 Å². The van der Waals surface area contributed by atoms with Gasteiger partial charge in [0.1, 0.15) is 11.9 Å². The van der Waals surface area contributed by atoms with Crippen molar-refractivity contribution in [3.63, 3.8) is 0 Å². The van der Waals surface area contributed by atoms with Crippen molar-refractivity contribution in [2.45, 2.75) is 69.5 Å². The normalized spacial score (nSPS) is 25.7. The molecule has 0 spiro atoms. The first-order valence-corrected chi connectivity index (χ1v) is 10.8. The van der Waals surface area contributed by atoms with Crippen LogP contribution < -0.4 is 4.74 Å². The van der Waals surface area contributed by atoms with Crippen LogP contribution in [0.25, 0.3) is 0 Å². The lowest BCUT2D eigenvalue weighted by atomic mass is 9.86. The van der Waals surface area contributed by atoms with Gasteiger partial charge in [0, 0.05) is 19.4 Å². The summed E-state index contributed by atoms with van der Waals surface area (Å²) in [6, 6.07) is 17.3. The summed E-state index contributed by atoms with van der Waals surface area (Å²) in [7, 11) is 0. The molecule has 4 rings (SSSR count). The molecule has 2 fully saturated rings. The molecule has 2 aliphatic rings. The van der Waals surface area contributed by atoms with Crippen molar-refractivity contribution in [2.24, 2.45) is 5.92 Å². The molecular formula is C25H32O3. The Kier molecular flexibility index (Phi) is 6.33. The van der Waals surface area contributed by atoms with E-state index in [1.807, 2.05) is 12.1 Å². The van der Waals surface area contributed by atoms with Gasteiger partial charge >= 0.3 is 0 Å². The van der Waals surface area contributed by atoms with Crippen LogP contribution in [-0.4, -0.2) is 29.0 Å². The predicted octanol–water partition coefficient (Wildman–Crippen LogP) is 4.84. The first-order chi connectivity index (χ1) is 13.7. The zero-order valence-electron chi connectivity index (χ0n) is 16.6. The number of hydrogen-bond donors (Lipinski definition) is 2. The summed E-state index contributed by atoms with van der Waals surface area (Å²) in [5.41, 5.74) is 3.96. The molecule has 0 amide bonds. The van der Waals surface area contributed by atoms with Crippen LogP contribution in [0.2, 0.25) is 0 Å². The van der Waals surface area contributed by atoms with Gasteiger partial charge in [-0.1, -0.05) is 55.3 Å². The molecule has 2 saturated carbocycles. The van der Waals surface area contributed by atoms with Gasteiger partial charge in [-0.2, -0.15) is 0 Å². The molecule has 0 saturated heterocycles. The van der Waals surface area contributed by atoms with Crippen LogP contribution in [0.15, 0.2) is 48.5 Å². The quantitative estimate of drug-likeness (QED) is 0.754. The topological polar surface area (TPSA) is 49.7 Å². The SMILES string of the molecule is OC[C@@H]1C[C@H](O)C[C@H](Oc2ccccc2Cc2ccc(C3CCCC3)cc2)C1. The Hall–Kier alpha value is -1.84. The van der Waals surface area contributed by atoms with Crippen LogP contribution in [0.1, 0.15) is 67.6 Å². The second kappa shape index (κ2) is 9.11. The third kappa shape index (κ3) is 4.76. The highest BCUT2D eigenvalue weighted by atomic mass is 16.5. The zero-order chi connectivity index (χ0) is 19.3. The monoisotopic (exact) mass is 380 g/mol. The van der Waals surface area contributed by atoms with Gasteiger partial charge in [-0.15, -0.1) is 0 Å². The fourth-order valence-electron chi connectivity index (χ4n) is 4.93. The van der Waals surface area contributed by atoms with E-state index in [1.54, 1.807) is 0 Å². The van der Waals surface area contributed by atoms with E-state index in [4.69, 9.17) is 4.74 Å². The molecule has 2 aliphatic carbocycles. The molecule has 3 nitrogen and oxygen atoms in total. The number of rotatable bonds is 6. The third-order valence-corrected chi connectivity index (χ3v) is 6.46. The lowest BCUT2D eigenvalue weighted by Gasteiger charge is -2.32. The average Bonchev–Trinajstić information content (AvgIpc) is 3.24. The van der Waals surface area contributed by atoms with Crippen molar-refractivity contribution in [1.29, 1.82) is 0 Å². The largest absolute Gasteiger partial charge is 0.490 e. The van der Waals surface area contributed by atoms with E-state index in [2.05, 4.69) is 36.4 Å². The van der Waals surface area contributed by atoms with Gasteiger partial charge in [-0.3, -0.25) is 0 Å². The molecule has 2 aromatic carbocycles. The summed E-state index contributed by atoms with van der Waals surface area (Å²) >= 11 is 0. The fourth-order valence-corrected chi connectivity index (χ4v) is 4.93. The highest BCUT2D eigenvalue weighted by Gasteiger charge is 2.29. The average molecular weight is 381 g/mol. The molecular weight excluding hydrogens is 348 g/mol. The molecule has 0 radical (unpaired) electrons. The first kappa shape index (κ1) is 19.5. The van der Waals surface area contributed by atoms with Gasteiger partial charge in [0.15, 0.2) is 0 Å². The van der Waals surface area contributed by atoms with E-state index in [0.717, 1.165) is 24.5 Å². The van der Waals surface area contributed by atoms with Crippen molar-refractivity contribution in [2.75, 3.05) is 6.61 Å². The Bertz CT molecular complexity index is 749. The van der Waals surface area contributed by atoms with E-state index < -0.39 is 0 Å². The maximum atomic E-state index is 10.1. The number of ether oxygens (including phenoxy) is 1. The molecule has 3 atom stereocenters. The lowest BCUT2D eigenvalue weighted by molar-refractivity contribution is 0.0103. The van der Waals surface area contributed by atoms with E-state index in [9.17, 15) is 10.2 Å². The molecule has 0 bridgehead atoms. The number of hydrogen-bond acceptors (Lipinski definition) is 3. The highest BCUT2D eigenvalue weighted by molar-refractivity contribution is 5.38. The van der Waals surface area contributed by atoms with Crippen molar-refractivity contribution >= 4 is 0 Å². The number of aliphatic hydroxyl groups is 2. The smallest absolute Gasteiger partial charge is 0.123 e. The maximum absolute atomic E-state index is 10.1. The van der Waals surface area contributed by atoms with Crippen LogP contribution in [-0.2, 0) is 6.42 Å². The molecule has 2 N–H and O–H groups in total. The van der Waals surface area contributed by atoms with Crippen LogP contribution in [0.4, 0.5) is 0 Å². The molecule has 150 valence electrons. The summed E-state index contributed by atoms with van der Waals surface area (Å²) in [6.07, 6.45) is 7.94. The molecule has 0 unspecified atom stereocenters. The standard InChI is InChI=1S/C25H32O3/c26-17-19-14-23(27)16-24(15-19)28-25-8-4-3-7-22(25)13-18-9-11-21(12-10-18)20-5-1-2-6-20/h3-4,7-12,19-20,23-24,26-27H,1-2,5-6,13-17H2/t19-,23+,24-/m1/s1. The summed E-state index contributed by atoms with van der Waals surface area (Å²) in [5.74, 6) is 1.78. The van der Waals surface area contributed by atoms with E-state index in [-0.39, 0.29) is 24.7 Å². The summed E-state index contributed by atoms with van der Waals surface area (Å²) in [5, 5.41) is 19.6. The first-order valence-electron chi connectivity index (χ1n) is 10.8. The van der Waals surface area contributed by atoms with Gasteiger partial charge in [-0.25, -0.2) is 0 Å². The van der Waals surface area contributed by atoms with Crippen molar-refractivity contribution in [1.82, 2.24) is 0 Å². The highest BCUT2D eigenvalue weighted by Crippen LogP contribution is 2.34. The summed E-state index contributed by atoms with van der Waals surface area (Å²) < 4.78 is 6.30. The van der Waals surface area contributed by atoms with Gasteiger partial charge in [0.25, 0.3) is 0 Å². The molecule has 0 heterocycles. The van der Waals surface area contributed by atoms with E-state index in [1.165, 1.54) is 42.4 Å². The minimum Gasteiger partial charge on any atom is -0.490 e. The van der Waals surface area contributed by atoms with Crippen LogP contribution in [0.3, 0.4) is 0 Å². The second-order valence-electron chi connectivity index (χ2n) is 8.66. The van der Waals surface area contributed by atoms with Gasteiger partial charge in [0.2, 0.25) is 0 Å². The minimum atomic E-state index is -0.383. The van der Waals surface area contributed by atoms with Crippen molar-refractivity contribution in [3.8, 4) is 5.75 Å². The van der Waals surface area contributed by atoms with Crippen LogP contribution >= 0.6 is 0 Å². The zero-order valence-corrected chi connectivity index (χ0v) is 16.6. The Labute approximate surface area is 168 Å². The maximum Gasteiger partial charge on any atom is 0.123 e. The third-order valence-electron chi connectivity index (χ3n) is 6.46. The van der Waals surface area contributed by atoms with E-state index >= 15 is 0 Å². The molecule has 2 aromatic rings. The minimum absolute atomic E-state index is 0.0354. The predicted molar refractivity (Wildman–Crippen MR) is 112 cm³/mol. The Morgan fingerprint density at radius 3 is 2.39 bits per heavy atom. The van der Waals surface area contributed by atoms with Gasteiger partial charge in [0.05, 0.1) is 6.10 Å². The van der Waals surface area contributed by atoms with Gasteiger partial charge < -0.3 is 14.9 Å². The fraction of sp³-hybridized carbons (Fsp3) is 0.520. The van der Waals surface area contributed by atoms with Crippen molar-refractivity contribution < 1.29 is 14.9 Å². The van der Waals surface area contributed by atoms with Crippen LogP contribution in [0.5, 0.6) is 5.75 Å². The van der Waals surface area contributed by atoms with Crippen molar-refractivity contribution in [3.05, 3.63) is 65.2 Å². The second-order valence-corrected chi connectivity index (χ2v) is 8.66. The number of para-hydroxylation sites is 1.